The maximum absolute atomic E-state index is 13.7. The number of ether oxygens (including phenoxy) is 3. The van der Waals surface area contributed by atoms with E-state index in [9.17, 15) is 19.7 Å². The lowest BCUT2D eigenvalue weighted by atomic mass is 9.96. The summed E-state index contributed by atoms with van der Waals surface area (Å²) in [5, 5.41) is 25.5. The van der Waals surface area contributed by atoms with Crippen LogP contribution in [0.1, 0.15) is 36.5 Å². The van der Waals surface area contributed by atoms with Crippen molar-refractivity contribution in [2.24, 2.45) is 5.10 Å². The van der Waals surface area contributed by atoms with Gasteiger partial charge in [0.15, 0.2) is 18.2 Å². The first-order chi connectivity index (χ1) is 19.5. The number of methoxy groups -OCH3 is 2. The summed E-state index contributed by atoms with van der Waals surface area (Å²) in [6, 6.07) is 13.2. The van der Waals surface area contributed by atoms with Gasteiger partial charge in [-0.3, -0.25) is 14.9 Å². The van der Waals surface area contributed by atoms with Crippen molar-refractivity contribution in [3.63, 3.8) is 0 Å². The second kappa shape index (κ2) is 11.9. The van der Waals surface area contributed by atoms with E-state index in [-0.39, 0.29) is 28.8 Å². The monoisotopic (exact) mass is 560 g/mol. The smallest absolute Gasteiger partial charge is 0.341 e. The molecule has 0 saturated carbocycles. The van der Waals surface area contributed by atoms with Gasteiger partial charge in [0, 0.05) is 17.2 Å². The minimum atomic E-state index is -1.31. The Morgan fingerprint density at radius 1 is 1.15 bits per heavy atom. The van der Waals surface area contributed by atoms with Gasteiger partial charge in [-0.05, 0) is 54.3 Å². The molecule has 0 aliphatic heterocycles. The zero-order valence-corrected chi connectivity index (χ0v) is 23.1. The number of nitro groups is 1. The zero-order chi connectivity index (χ0) is 29.8. The van der Waals surface area contributed by atoms with E-state index in [0.29, 0.717) is 22.2 Å². The highest BCUT2D eigenvalue weighted by Gasteiger charge is 2.23. The van der Waals surface area contributed by atoms with Crippen LogP contribution >= 0.6 is 0 Å². The third kappa shape index (κ3) is 5.86. The Morgan fingerprint density at radius 3 is 2.49 bits per heavy atom. The Bertz CT molecular complexity index is 1740. The lowest BCUT2D eigenvalue weighted by molar-refractivity contribution is -0.385. The van der Waals surface area contributed by atoms with Crippen LogP contribution in [-0.2, 0) is 4.79 Å². The summed E-state index contributed by atoms with van der Waals surface area (Å²) in [5.41, 5.74) is 2.11. The molecule has 41 heavy (non-hydrogen) atoms. The van der Waals surface area contributed by atoms with E-state index >= 15 is 0 Å². The SMILES string of the molecule is COc1cc(C)c(-c2nc3ccccc3c(=O)n2N=Cc2cc(OC)c(OCC(=O)O)c([N+](=O)[O-])c2)cc1C(C)C. The number of fused-ring (bicyclic) bond motifs is 1. The molecule has 4 rings (SSSR count). The molecule has 1 N–H and O–H groups in total. The summed E-state index contributed by atoms with van der Waals surface area (Å²) in [6.45, 7) is 5.13. The summed E-state index contributed by atoms with van der Waals surface area (Å²) in [6.07, 6.45) is 1.26. The zero-order valence-electron chi connectivity index (χ0n) is 23.1. The maximum Gasteiger partial charge on any atom is 0.341 e. The average Bonchev–Trinajstić information content (AvgIpc) is 2.94. The molecule has 0 fully saturated rings. The van der Waals surface area contributed by atoms with E-state index in [4.69, 9.17) is 24.3 Å². The standard InChI is InChI=1S/C29H28N4O8/c1-16(2)20-13-21(17(3)10-24(20)39-4)28-31-22-9-7-6-8-19(22)29(36)32(28)30-14-18-11-23(33(37)38)27(25(12-18)40-5)41-15-26(34)35/h6-14,16H,15H2,1-5H3,(H,34,35). The Balaban J connectivity index is 1.94. The number of aliphatic carboxylic acids is 1. The van der Waals surface area contributed by atoms with Gasteiger partial charge in [0.2, 0.25) is 5.75 Å². The predicted molar refractivity (Wildman–Crippen MR) is 153 cm³/mol. The van der Waals surface area contributed by atoms with Gasteiger partial charge in [-0.15, -0.1) is 0 Å². The molecule has 0 aliphatic carbocycles. The van der Waals surface area contributed by atoms with Crippen molar-refractivity contribution in [1.29, 1.82) is 0 Å². The van der Waals surface area contributed by atoms with Crippen LogP contribution in [0.3, 0.4) is 0 Å². The molecule has 0 amide bonds. The third-order valence-electron chi connectivity index (χ3n) is 6.33. The number of aryl methyl sites for hydroxylation is 1. The number of carboxylic acids is 1. The molecule has 0 atom stereocenters. The maximum atomic E-state index is 13.7. The molecule has 0 aliphatic rings. The molecule has 212 valence electrons. The van der Waals surface area contributed by atoms with Crippen molar-refractivity contribution >= 4 is 28.8 Å². The lowest BCUT2D eigenvalue weighted by Gasteiger charge is -2.17. The number of hydrogen-bond donors (Lipinski definition) is 1. The number of hydrogen-bond acceptors (Lipinski definition) is 9. The first kappa shape index (κ1) is 28.7. The second-order valence-corrected chi connectivity index (χ2v) is 9.39. The van der Waals surface area contributed by atoms with Crippen LogP contribution in [0.5, 0.6) is 17.2 Å². The minimum Gasteiger partial charge on any atom is -0.496 e. The van der Waals surface area contributed by atoms with Crippen molar-refractivity contribution in [3.8, 4) is 28.6 Å². The third-order valence-corrected chi connectivity index (χ3v) is 6.33. The molecule has 1 heterocycles. The second-order valence-electron chi connectivity index (χ2n) is 9.39. The quantitative estimate of drug-likeness (QED) is 0.164. The molecule has 3 aromatic carbocycles. The van der Waals surface area contributed by atoms with Crippen LogP contribution in [0, 0.1) is 17.0 Å². The van der Waals surface area contributed by atoms with Gasteiger partial charge in [0.1, 0.15) is 5.75 Å². The number of nitrogens with zero attached hydrogens (tertiary/aromatic N) is 4. The highest BCUT2D eigenvalue weighted by Crippen LogP contribution is 2.38. The van der Waals surface area contributed by atoms with E-state index in [0.717, 1.165) is 21.9 Å². The number of carboxylic acid groups (broad SMARTS) is 1. The fourth-order valence-electron chi connectivity index (χ4n) is 4.35. The van der Waals surface area contributed by atoms with Crippen LogP contribution in [0.4, 0.5) is 5.69 Å². The molecule has 0 unspecified atom stereocenters. The van der Waals surface area contributed by atoms with E-state index < -0.39 is 28.7 Å². The largest absolute Gasteiger partial charge is 0.496 e. The molecule has 1 aromatic heterocycles. The average molecular weight is 561 g/mol. The fourth-order valence-corrected chi connectivity index (χ4v) is 4.35. The van der Waals surface area contributed by atoms with E-state index in [2.05, 4.69) is 5.10 Å². The van der Waals surface area contributed by atoms with E-state index in [1.54, 1.807) is 31.4 Å². The van der Waals surface area contributed by atoms with Crippen LogP contribution in [0.25, 0.3) is 22.3 Å². The molecule has 12 heteroatoms. The van der Waals surface area contributed by atoms with Crippen molar-refractivity contribution in [3.05, 3.63) is 85.7 Å². The van der Waals surface area contributed by atoms with Gasteiger partial charge in [0.05, 0.1) is 36.3 Å². The van der Waals surface area contributed by atoms with Gasteiger partial charge in [0.25, 0.3) is 5.56 Å². The predicted octanol–water partition coefficient (Wildman–Crippen LogP) is 4.77. The Kier molecular flexibility index (Phi) is 8.32. The number of aromatic nitrogens is 2. The van der Waals surface area contributed by atoms with Crippen LogP contribution in [0.2, 0.25) is 0 Å². The number of nitro benzene ring substituents is 1. The first-order valence-corrected chi connectivity index (χ1v) is 12.5. The molecule has 0 spiro atoms. The summed E-state index contributed by atoms with van der Waals surface area (Å²) < 4.78 is 17.1. The number of benzene rings is 3. The Morgan fingerprint density at radius 2 is 1.85 bits per heavy atom. The van der Waals surface area contributed by atoms with Gasteiger partial charge < -0.3 is 19.3 Å². The van der Waals surface area contributed by atoms with E-state index in [1.165, 1.54) is 19.4 Å². The molecule has 0 saturated heterocycles. The number of carbonyl (C=O) groups is 1. The molecular formula is C29H28N4O8. The number of para-hydroxylation sites is 1. The molecule has 4 aromatic rings. The molecule has 0 bridgehead atoms. The normalized spacial score (nSPS) is 11.3. The van der Waals surface area contributed by atoms with Crippen molar-refractivity contribution in [2.45, 2.75) is 26.7 Å². The highest BCUT2D eigenvalue weighted by molar-refractivity contribution is 5.85. The van der Waals surface area contributed by atoms with Crippen LogP contribution in [-0.4, -0.2) is 52.7 Å². The van der Waals surface area contributed by atoms with Gasteiger partial charge in [-0.2, -0.15) is 9.78 Å². The van der Waals surface area contributed by atoms with Gasteiger partial charge in [-0.25, -0.2) is 9.78 Å². The van der Waals surface area contributed by atoms with Crippen LogP contribution < -0.4 is 19.8 Å². The van der Waals surface area contributed by atoms with Crippen molar-refractivity contribution < 1.29 is 29.0 Å². The topological polar surface area (TPSA) is 155 Å². The lowest BCUT2D eigenvalue weighted by Crippen LogP contribution is -2.21. The molecule has 0 radical (unpaired) electrons. The van der Waals surface area contributed by atoms with Crippen LogP contribution in [0.15, 0.2) is 58.4 Å². The highest BCUT2D eigenvalue weighted by atomic mass is 16.6. The minimum absolute atomic E-state index is 0.0707. The number of rotatable bonds is 10. The van der Waals surface area contributed by atoms with Crippen molar-refractivity contribution in [2.75, 3.05) is 20.8 Å². The summed E-state index contributed by atoms with van der Waals surface area (Å²) in [5.74, 6) is -0.615. The first-order valence-electron chi connectivity index (χ1n) is 12.5. The Hall–Kier alpha value is -5.26. The van der Waals surface area contributed by atoms with Crippen molar-refractivity contribution in [1.82, 2.24) is 9.66 Å². The molecular weight excluding hydrogens is 532 g/mol. The summed E-state index contributed by atoms with van der Waals surface area (Å²) >= 11 is 0. The van der Waals surface area contributed by atoms with Gasteiger partial charge >= 0.3 is 11.7 Å². The molecule has 12 nitrogen and oxygen atoms in total. The summed E-state index contributed by atoms with van der Waals surface area (Å²) in [4.78, 5) is 40.5. The summed E-state index contributed by atoms with van der Waals surface area (Å²) in [7, 11) is 2.86. The van der Waals surface area contributed by atoms with Gasteiger partial charge in [-0.1, -0.05) is 26.0 Å². The fraction of sp³-hybridized carbons (Fsp3) is 0.241. The van der Waals surface area contributed by atoms with E-state index in [1.807, 2.05) is 32.9 Å². The Labute approximate surface area is 234 Å².